The minimum absolute atomic E-state index is 0.00921. The van der Waals surface area contributed by atoms with Gasteiger partial charge in [-0.15, -0.1) is 0 Å². The fourth-order valence-electron chi connectivity index (χ4n) is 3.05. The van der Waals surface area contributed by atoms with E-state index in [1.54, 1.807) is 0 Å². The van der Waals surface area contributed by atoms with Gasteiger partial charge in [0.25, 0.3) is 0 Å². The molecule has 140 valence electrons. The van der Waals surface area contributed by atoms with E-state index >= 15 is 0 Å². The van der Waals surface area contributed by atoms with Crippen LogP contribution in [0, 0.1) is 12.8 Å². The lowest BCUT2D eigenvalue weighted by Crippen LogP contribution is -2.27. The minimum Gasteiger partial charge on any atom is -0.356 e. The molecule has 2 unspecified atom stereocenters. The highest BCUT2D eigenvalue weighted by Gasteiger charge is 2.43. The van der Waals surface area contributed by atoms with Gasteiger partial charge in [0.15, 0.2) is 5.69 Å². The van der Waals surface area contributed by atoms with E-state index in [-0.39, 0.29) is 35.0 Å². The molecule has 26 heavy (non-hydrogen) atoms. The number of aryl methyl sites for hydroxylation is 1. The number of carbonyl (C=O) groups excluding carboxylic acids is 1. The fraction of sp³-hybridized carbons (Fsp3) is 0.444. The maximum Gasteiger partial charge on any atom is 0.436 e. The minimum atomic E-state index is -4.57. The van der Waals surface area contributed by atoms with Gasteiger partial charge in [-0.25, -0.2) is 0 Å². The molecule has 0 aliphatic heterocycles. The third kappa shape index (κ3) is 4.03. The summed E-state index contributed by atoms with van der Waals surface area (Å²) in [6.45, 7) is 2.14. The van der Waals surface area contributed by atoms with E-state index in [0.717, 1.165) is 12.0 Å². The van der Waals surface area contributed by atoms with E-state index in [0.29, 0.717) is 13.0 Å². The van der Waals surface area contributed by atoms with Crippen LogP contribution in [-0.4, -0.2) is 22.2 Å². The number of nitrogens with zero attached hydrogens (tertiary/aromatic N) is 2. The van der Waals surface area contributed by atoms with Gasteiger partial charge in [-0.3, -0.25) is 9.48 Å². The quantitative estimate of drug-likeness (QED) is 0.758. The molecular weight excluding hydrogens is 367 g/mol. The predicted molar refractivity (Wildman–Crippen MR) is 91.9 cm³/mol. The second kappa shape index (κ2) is 7.31. The van der Waals surface area contributed by atoms with Gasteiger partial charge in [0.05, 0.1) is 10.7 Å². The van der Waals surface area contributed by atoms with Crippen LogP contribution in [0.4, 0.5) is 13.2 Å². The Morgan fingerprint density at radius 2 is 2.04 bits per heavy atom. The van der Waals surface area contributed by atoms with Gasteiger partial charge in [-0.1, -0.05) is 41.9 Å². The Labute approximate surface area is 154 Å². The average molecular weight is 386 g/mol. The van der Waals surface area contributed by atoms with Gasteiger partial charge in [0.2, 0.25) is 5.91 Å². The molecule has 0 saturated heterocycles. The van der Waals surface area contributed by atoms with Gasteiger partial charge >= 0.3 is 6.18 Å². The first-order valence-electron chi connectivity index (χ1n) is 8.41. The molecule has 8 heteroatoms. The first kappa shape index (κ1) is 18.8. The van der Waals surface area contributed by atoms with Crippen molar-refractivity contribution < 1.29 is 18.0 Å². The lowest BCUT2D eigenvalue weighted by atomic mass is 10.1. The molecule has 1 N–H and O–H groups in total. The summed E-state index contributed by atoms with van der Waals surface area (Å²) in [4.78, 5) is 12.2. The summed E-state index contributed by atoms with van der Waals surface area (Å²) in [6.07, 6.45) is -3.26. The topological polar surface area (TPSA) is 46.9 Å². The first-order chi connectivity index (χ1) is 12.3. The number of amides is 1. The fourth-order valence-corrected chi connectivity index (χ4v) is 3.29. The van der Waals surface area contributed by atoms with Crippen molar-refractivity contribution in [2.24, 2.45) is 5.92 Å². The molecule has 2 atom stereocenters. The summed E-state index contributed by atoms with van der Waals surface area (Å²) < 4.78 is 39.6. The molecule has 1 aliphatic carbocycles. The first-order valence-corrected chi connectivity index (χ1v) is 8.79. The average Bonchev–Trinajstić information content (AvgIpc) is 3.35. The Morgan fingerprint density at radius 1 is 1.35 bits per heavy atom. The van der Waals surface area contributed by atoms with Crippen LogP contribution < -0.4 is 5.32 Å². The van der Waals surface area contributed by atoms with Crippen LogP contribution >= 0.6 is 11.6 Å². The van der Waals surface area contributed by atoms with Gasteiger partial charge in [-0.05, 0) is 31.2 Å². The standard InChI is InChI=1S/C18H19ClF3N3O/c1-11-15(19)16(18(20,21)22)24-25(11)9-5-8-23-17(26)14-10-13(14)12-6-3-2-4-7-12/h2-4,6-7,13-14H,5,8-10H2,1H3,(H,23,26). The van der Waals surface area contributed by atoms with E-state index in [2.05, 4.69) is 10.4 Å². The third-order valence-electron chi connectivity index (χ3n) is 4.60. The highest BCUT2D eigenvalue weighted by atomic mass is 35.5. The van der Waals surface area contributed by atoms with E-state index in [1.807, 2.05) is 30.3 Å². The number of nitrogens with one attached hydrogen (secondary N) is 1. The van der Waals surface area contributed by atoms with Crippen molar-refractivity contribution in [3.63, 3.8) is 0 Å². The van der Waals surface area contributed by atoms with Crippen LogP contribution in [0.5, 0.6) is 0 Å². The smallest absolute Gasteiger partial charge is 0.356 e. The van der Waals surface area contributed by atoms with Crippen molar-refractivity contribution in [1.29, 1.82) is 0 Å². The van der Waals surface area contributed by atoms with Crippen molar-refractivity contribution >= 4 is 17.5 Å². The number of alkyl halides is 3. The zero-order valence-corrected chi connectivity index (χ0v) is 14.9. The molecule has 1 aromatic carbocycles. The van der Waals surface area contributed by atoms with E-state index < -0.39 is 11.9 Å². The highest BCUT2D eigenvalue weighted by molar-refractivity contribution is 6.31. The Balaban J connectivity index is 1.46. The highest BCUT2D eigenvalue weighted by Crippen LogP contribution is 2.47. The molecule has 1 amide bonds. The summed E-state index contributed by atoms with van der Waals surface area (Å²) in [5, 5.41) is 6.02. The summed E-state index contributed by atoms with van der Waals surface area (Å²) in [7, 11) is 0. The van der Waals surface area contributed by atoms with Crippen molar-refractivity contribution in [3.05, 3.63) is 52.3 Å². The van der Waals surface area contributed by atoms with Crippen LogP contribution in [0.15, 0.2) is 30.3 Å². The van der Waals surface area contributed by atoms with Gasteiger partial charge in [0, 0.05) is 19.0 Å². The maximum absolute atomic E-state index is 12.8. The molecule has 1 aromatic heterocycles. The van der Waals surface area contributed by atoms with Crippen molar-refractivity contribution in [2.75, 3.05) is 6.54 Å². The summed E-state index contributed by atoms with van der Waals surface area (Å²) in [5.74, 6) is 0.234. The molecule has 3 rings (SSSR count). The Morgan fingerprint density at radius 3 is 2.65 bits per heavy atom. The second-order valence-electron chi connectivity index (χ2n) is 6.47. The van der Waals surface area contributed by atoms with E-state index in [4.69, 9.17) is 11.6 Å². The van der Waals surface area contributed by atoms with Crippen LogP contribution in [0.3, 0.4) is 0 Å². The number of benzene rings is 1. The van der Waals surface area contributed by atoms with E-state index in [1.165, 1.54) is 11.6 Å². The summed E-state index contributed by atoms with van der Waals surface area (Å²) >= 11 is 5.71. The molecule has 0 spiro atoms. The van der Waals surface area contributed by atoms with Crippen molar-refractivity contribution in [3.8, 4) is 0 Å². The van der Waals surface area contributed by atoms with Crippen LogP contribution in [-0.2, 0) is 17.5 Å². The number of rotatable bonds is 6. The van der Waals surface area contributed by atoms with Crippen LogP contribution in [0.25, 0.3) is 0 Å². The van der Waals surface area contributed by atoms with Gasteiger partial charge < -0.3 is 5.32 Å². The maximum atomic E-state index is 12.8. The van der Waals surface area contributed by atoms with Gasteiger partial charge in [-0.2, -0.15) is 18.3 Å². The molecular formula is C18H19ClF3N3O. The van der Waals surface area contributed by atoms with Gasteiger partial charge in [0.1, 0.15) is 0 Å². The zero-order valence-electron chi connectivity index (χ0n) is 14.2. The summed E-state index contributed by atoms with van der Waals surface area (Å²) in [5.41, 5.74) is 0.371. The molecule has 4 nitrogen and oxygen atoms in total. The molecule has 1 heterocycles. The second-order valence-corrected chi connectivity index (χ2v) is 6.85. The largest absolute Gasteiger partial charge is 0.436 e. The van der Waals surface area contributed by atoms with Crippen molar-refractivity contribution in [2.45, 2.75) is 38.4 Å². The van der Waals surface area contributed by atoms with Crippen LogP contribution in [0.2, 0.25) is 5.02 Å². The lowest BCUT2D eigenvalue weighted by molar-refractivity contribution is -0.141. The molecule has 1 saturated carbocycles. The molecule has 0 bridgehead atoms. The number of carbonyl (C=O) groups is 1. The number of aromatic nitrogens is 2. The predicted octanol–water partition coefficient (Wildman–Crippen LogP) is 4.17. The molecule has 0 radical (unpaired) electrons. The molecule has 2 aromatic rings. The zero-order chi connectivity index (χ0) is 18.9. The summed E-state index contributed by atoms with van der Waals surface area (Å²) in [6, 6.07) is 9.88. The van der Waals surface area contributed by atoms with Crippen molar-refractivity contribution in [1.82, 2.24) is 15.1 Å². The number of hydrogen-bond acceptors (Lipinski definition) is 2. The lowest BCUT2D eigenvalue weighted by Gasteiger charge is -2.07. The number of hydrogen-bond donors (Lipinski definition) is 1. The third-order valence-corrected chi connectivity index (χ3v) is 5.06. The Hall–Kier alpha value is -2.02. The van der Waals surface area contributed by atoms with Crippen LogP contribution in [0.1, 0.15) is 35.7 Å². The SMILES string of the molecule is Cc1c(Cl)c(C(F)(F)F)nn1CCCNC(=O)C1CC1c1ccccc1. The monoisotopic (exact) mass is 385 g/mol. The Kier molecular flexibility index (Phi) is 5.27. The normalized spacial score (nSPS) is 19.4. The molecule has 1 aliphatic rings. The number of halogens is 4. The van der Waals surface area contributed by atoms with E-state index in [9.17, 15) is 18.0 Å². The Bertz CT molecular complexity index is 789. The molecule has 1 fully saturated rings.